The summed E-state index contributed by atoms with van der Waals surface area (Å²) in [5, 5.41) is 0. The minimum Gasteiger partial charge on any atom is -0.382 e. The van der Waals surface area contributed by atoms with Gasteiger partial charge < -0.3 is 10.6 Å². The monoisotopic (exact) mass is 242 g/mol. The summed E-state index contributed by atoms with van der Waals surface area (Å²) in [5.74, 6) is 1.38. The van der Waals surface area contributed by atoms with Crippen LogP contribution in [0.2, 0.25) is 0 Å². The maximum Gasteiger partial charge on any atom is 0.154 e. The van der Waals surface area contributed by atoms with Crippen LogP contribution in [-0.2, 0) is 9.84 Å². The lowest BCUT2D eigenvalue weighted by atomic mass is 10.3. The van der Waals surface area contributed by atoms with Crippen molar-refractivity contribution >= 4 is 21.5 Å². The molecule has 16 heavy (non-hydrogen) atoms. The van der Waals surface area contributed by atoms with E-state index in [1.165, 1.54) is 6.20 Å². The molecule has 1 unspecified atom stereocenters. The van der Waals surface area contributed by atoms with Crippen molar-refractivity contribution in [1.29, 1.82) is 0 Å². The van der Waals surface area contributed by atoms with Gasteiger partial charge in [-0.25, -0.2) is 18.4 Å². The molecule has 1 aliphatic rings. The average molecular weight is 242 g/mol. The Hall–Kier alpha value is -1.37. The molecule has 0 aliphatic carbocycles. The van der Waals surface area contributed by atoms with E-state index in [1.807, 2.05) is 11.8 Å². The van der Waals surface area contributed by atoms with Gasteiger partial charge in [0, 0.05) is 12.6 Å². The number of nitrogen functional groups attached to an aromatic ring is 1. The van der Waals surface area contributed by atoms with Crippen molar-refractivity contribution in [2.24, 2.45) is 0 Å². The summed E-state index contributed by atoms with van der Waals surface area (Å²) >= 11 is 0. The Kier molecular flexibility index (Phi) is 2.71. The second-order valence-corrected chi connectivity index (χ2v) is 6.18. The summed E-state index contributed by atoms with van der Waals surface area (Å²) in [5.41, 5.74) is 5.45. The molecule has 0 spiro atoms. The van der Waals surface area contributed by atoms with Crippen LogP contribution in [0.5, 0.6) is 0 Å². The van der Waals surface area contributed by atoms with Crippen molar-refractivity contribution in [2.75, 3.05) is 28.7 Å². The number of hydrogen-bond donors (Lipinski definition) is 1. The zero-order chi connectivity index (χ0) is 11.8. The van der Waals surface area contributed by atoms with Gasteiger partial charge >= 0.3 is 0 Å². The average Bonchev–Trinajstić information content (AvgIpc) is 2.19. The van der Waals surface area contributed by atoms with Gasteiger partial charge in [-0.3, -0.25) is 0 Å². The highest BCUT2D eigenvalue weighted by atomic mass is 32.2. The van der Waals surface area contributed by atoms with E-state index in [0.29, 0.717) is 18.2 Å². The third kappa shape index (κ3) is 2.24. The molecule has 1 saturated heterocycles. The third-order valence-corrected chi connectivity index (χ3v) is 4.42. The second-order valence-electron chi connectivity index (χ2n) is 3.96. The van der Waals surface area contributed by atoms with Gasteiger partial charge in [-0.1, -0.05) is 0 Å². The number of hydrogen-bond acceptors (Lipinski definition) is 6. The van der Waals surface area contributed by atoms with Crippen molar-refractivity contribution in [2.45, 2.75) is 13.0 Å². The molecule has 0 amide bonds. The van der Waals surface area contributed by atoms with Crippen LogP contribution in [0.25, 0.3) is 0 Å². The SMILES string of the molecule is CC1CS(=O)(=O)CCN1c1cnc(N)cn1. The summed E-state index contributed by atoms with van der Waals surface area (Å²) in [6.07, 6.45) is 3.05. The highest BCUT2D eigenvalue weighted by Crippen LogP contribution is 2.18. The van der Waals surface area contributed by atoms with Crippen LogP contribution in [0.1, 0.15) is 6.92 Å². The van der Waals surface area contributed by atoms with E-state index in [2.05, 4.69) is 9.97 Å². The number of sulfone groups is 1. The smallest absolute Gasteiger partial charge is 0.154 e. The number of anilines is 2. The molecule has 1 fully saturated rings. The van der Waals surface area contributed by atoms with Gasteiger partial charge in [-0.15, -0.1) is 0 Å². The fourth-order valence-corrected chi connectivity index (χ4v) is 3.37. The van der Waals surface area contributed by atoms with E-state index in [-0.39, 0.29) is 17.5 Å². The lowest BCUT2D eigenvalue weighted by molar-refractivity contribution is 0.566. The van der Waals surface area contributed by atoms with E-state index >= 15 is 0 Å². The maximum absolute atomic E-state index is 11.4. The van der Waals surface area contributed by atoms with Crippen LogP contribution in [0.4, 0.5) is 11.6 Å². The van der Waals surface area contributed by atoms with Crippen LogP contribution >= 0.6 is 0 Å². The van der Waals surface area contributed by atoms with Crippen molar-refractivity contribution < 1.29 is 8.42 Å². The van der Waals surface area contributed by atoms with Gasteiger partial charge in [0.15, 0.2) is 9.84 Å². The van der Waals surface area contributed by atoms with Crippen LogP contribution in [0.15, 0.2) is 12.4 Å². The van der Waals surface area contributed by atoms with Crippen LogP contribution in [0.3, 0.4) is 0 Å². The van der Waals surface area contributed by atoms with E-state index in [4.69, 9.17) is 5.73 Å². The highest BCUT2D eigenvalue weighted by molar-refractivity contribution is 7.91. The zero-order valence-corrected chi connectivity index (χ0v) is 9.81. The van der Waals surface area contributed by atoms with Crippen LogP contribution in [-0.4, -0.2) is 42.5 Å². The lowest BCUT2D eigenvalue weighted by Crippen LogP contribution is -2.47. The molecule has 0 aromatic carbocycles. The largest absolute Gasteiger partial charge is 0.382 e. The van der Waals surface area contributed by atoms with Crippen molar-refractivity contribution in [3.05, 3.63) is 12.4 Å². The molecule has 1 aromatic heterocycles. The number of nitrogens with two attached hydrogens (primary N) is 1. The Balaban J connectivity index is 2.20. The standard InChI is InChI=1S/C9H14N4O2S/c1-7-6-16(14,15)3-2-13(7)9-5-11-8(10)4-12-9/h4-5,7H,2-3,6H2,1H3,(H2,10,11). The summed E-state index contributed by atoms with van der Waals surface area (Å²) in [7, 11) is -2.90. The molecular formula is C9H14N4O2S. The minimum absolute atomic E-state index is 0.0725. The molecule has 2 heterocycles. The second kappa shape index (κ2) is 3.89. The summed E-state index contributed by atoms with van der Waals surface area (Å²) in [6.45, 7) is 2.33. The molecule has 0 radical (unpaired) electrons. The van der Waals surface area contributed by atoms with E-state index < -0.39 is 9.84 Å². The fraction of sp³-hybridized carbons (Fsp3) is 0.556. The molecule has 1 atom stereocenters. The first-order chi connectivity index (χ1) is 7.48. The minimum atomic E-state index is -2.90. The van der Waals surface area contributed by atoms with E-state index in [1.54, 1.807) is 6.20 Å². The van der Waals surface area contributed by atoms with E-state index in [9.17, 15) is 8.42 Å². The van der Waals surface area contributed by atoms with Gasteiger partial charge in [-0.05, 0) is 6.92 Å². The Bertz CT molecular complexity index is 471. The van der Waals surface area contributed by atoms with Gasteiger partial charge in [0.25, 0.3) is 0 Å². The Morgan fingerprint density at radius 1 is 1.44 bits per heavy atom. The lowest BCUT2D eigenvalue weighted by Gasteiger charge is -2.33. The van der Waals surface area contributed by atoms with Crippen LogP contribution < -0.4 is 10.6 Å². The molecule has 1 aromatic rings. The zero-order valence-electron chi connectivity index (χ0n) is 9.00. The normalized spacial score (nSPS) is 24.3. The number of nitrogens with zero attached hydrogens (tertiary/aromatic N) is 3. The number of aromatic nitrogens is 2. The first kappa shape index (κ1) is 11.1. The van der Waals surface area contributed by atoms with Gasteiger partial charge in [-0.2, -0.15) is 0 Å². The van der Waals surface area contributed by atoms with Gasteiger partial charge in [0.1, 0.15) is 11.6 Å². The van der Waals surface area contributed by atoms with Gasteiger partial charge in [0.05, 0.1) is 23.9 Å². The van der Waals surface area contributed by atoms with Crippen molar-refractivity contribution in [1.82, 2.24) is 9.97 Å². The number of rotatable bonds is 1. The molecular weight excluding hydrogens is 228 g/mol. The molecule has 2 rings (SSSR count). The fourth-order valence-electron chi connectivity index (χ4n) is 1.82. The topological polar surface area (TPSA) is 89.2 Å². The van der Waals surface area contributed by atoms with Crippen LogP contribution in [0, 0.1) is 0 Å². The predicted octanol–water partition coefficient (Wildman–Crippen LogP) is -0.318. The Labute approximate surface area is 94.4 Å². The third-order valence-electron chi connectivity index (χ3n) is 2.62. The molecule has 0 saturated carbocycles. The summed E-state index contributed by atoms with van der Waals surface area (Å²) in [6, 6.07) is -0.0725. The van der Waals surface area contributed by atoms with E-state index in [0.717, 1.165) is 0 Å². The van der Waals surface area contributed by atoms with Crippen molar-refractivity contribution in [3.63, 3.8) is 0 Å². The Morgan fingerprint density at radius 3 is 2.75 bits per heavy atom. The quantitative estimate of drug-likeness (QED) is 0.726. The maximum atomic E-state index is 11.4. The molecule has 88 valence electrons. The predicted molar refractivity (Wildman–Crippen MR) is 61.9 cm³/mol. The van der Waals surface area contributed by atoms with Gasteiger partial charge in [0.2, 0.25) is 0 Å². The first-order valence-corrected chi connectivity index (χ1v) is 6.85. The molecule has 7 heteroatoms. The first-order valence-electron chi connectivity index (χ1n) is 5.02. The molecule has 6 nitrogen and oxygen atoms in total. The molecule has 2 N–H and O–H groups in total. The summed E-state index contributed by atoms with van der Waals surface area (Å²) < 4.78 is 22.8. The Morgan fingerprint density at radius 2 is 2.19 bits per heavy atom. The highest BCUT2D eigenvalue weighted by Gasteiger charge is 2.28. The molecule has 0 bridgehead atoms. The summed E-state index contributed by atoms with van der Waals surface area (Å²) in [4.78, 5) is 10.0. The van der Waals surface area contributed by atoms with Crippen molar-refractivity contribution in [3.8, 4) is 0 Å². The molecule has 1 aliphatic heterocycles.